The van der Waals surface area contributed by atoms with Gasteiger partial charge in [0.1, 0.15) is 0 Å². The maximum absolute atomic E-state index is 5.23. The summed E-state index contributed by atoms with van der Waals surface area (Å²) in [4.78, 5) is 5.23. The van der Waals surface area contributed by atoms with E-state index in [9.17, 15) is 0 Å². The summed E-state index contributed by atoms with van der Waals surface area (Å²) < 4.78 is 4.84. The molecule has 4 aliphatic rings. The molecule has 13 rings (SSSR count). The first kappa shape index (κ1) is 31.1. The van der Waals surface area contributed by atoms with Crippen LogP contribution in [0.15, 0.2) is 182 Å². The molecule has 9 aromatic rings. The Morgan fingerprint density at radius 2 is 1.30 bits per heavy atom. The van der Waals surface area contributed by atoms with Crippen LogP contribution in [0.4, 0.5) is 5.69 Å². The molecule has 0 radical (unpaired) electrons. The Bertz CT molecular complexity index is 3240. The predicted molar refractivity (Wildman–Crippen MR) is 234 cm³/mol. The highest BCUT2D eigenvalue weighted by atomic mass is 15.0. The van der Waals surface area contributed by atoms with Gasteiger partial charge in [0.05, 0.1) is 27.7 Å². The minimum atomic E-state index is -0.378. The van der Waals surface area contributed by atoms with Gasteiger partial charge >= 0.3 is 0 Å². The summed E-state index contributed by atoms with van der Waals surface area (Å²) in [5.41, 5.74) is 18.0. The van der Waals surface area contributed by atoms with Gasteiger partial charge < -0.3 is 14.5 Å². The third-order valence-corrected chi connectivity index (χ3v) is 13.2. The van der Waals surface area contributed by atoms with Gasteiger partial charge in [-0.05, 0) is 87.3 Å². The number of pyridine rings is 1. The lowest BCUT2D eigenvalue weighted by atomic mass is 9.66. The Kier molecular flexibility index (Phi) is 6.24. The molecule has 1 spiro atoms. The van der Waals surface area contributed by atoms with E-state index in [4.69, 9.17) is 10.3 Å². The fraction of sp³-hybridized carbons (Fsp3) is 0.0755. The molecule has 0 N–H and O–H groups in total. The van der Waals surface area contributed by atoms with Crippen LogP contribution in [0.2, 0.25) is 0 Å². The summed E-state index contributed by atoms with van der Waals surface area (Å²) in [6, 6.07) is 53.9. The SMILES string of the molecule is C1=CC2c3cccnc3C3(c4ccccc4-c4c3ccc3c5ccccc5n(-c5ccc(-c6ccc(-n7c8c(c9ccccc97)[N-]CC=C8)cc6)cc5)c43)C2C=C1. The van der Waals surface area contributed by atoms with E-state index in [-0.39, 0.29) is 17.3 Å². The van der Waals surface area contributed by atoms with Gasteiger partial charge in [-0.15, -0.1) is 18.3 Å². The molecule has 3 aromatic heterocycles. The van der Waals surface area contributed by atoms with Crippen molar-refractivity contribution < 1.29 is 0 Å². The molecule has 3 aliphatic carbocycles. The lowest BCUT2D eigenvalue weighted by Crippen LogP contribution is -2.33. The maximum atomic E-state index is 5.23. The lowest BCUT2D eigenvalue weighted by Gasteiger charge is -2.35. The minimum Gasteiger partial charge on any atom is -0.679 e. The van der Waals surface area contributed by atoms with E-state index in [0.717, 1.165) is 29.3 Å². The van der Waals surface area contributed by atoms with Gasteiger partial charge in [0.15, 0.2) is 0 Å². The number of aromatic nitrogens is 3. The van der Waals surface area contributed by atoms with Gasteiger partial charge in [0.25, 0.3) is 0 Å². The van der Waals surface area contributed by atoms with E-state index in [1.54, 1.807) is 0 Å². The van der Waals surface area contributed by atoms with E-state index in [1.807, 2.05) is 6.20 Å². The zero-order valence-corrected chi connectivity index (χ0v) is 31.0. The van der Waals surface area contributed by atoms with E-state index < -0.39 is 0 Å². The van der Waals surface area contributed by atoms with Crippen molar-refractivity contribution in [2.75, 3.05) is 6.54 Å². The Morgan fingerprint density at radius 3 is 2.12 bits per heavy atom. The van der Waals surface area contributed by atoms with E-state index in [0.29, 0.717) is 0 Å². The van der Waals surface area contributed by atoms with Crippen LogP contribution >= 0.6 is 0 Å². The topological polar surface area (TPSA) is 36.9 Å². The maximum Gasteiger partial charge on any atom is 0.0711 e. The van der Waals surface area contributed by atoms with Crippen LogP contribution in [0.5, 0.6) is 0 Å². The van der Waals surface area contributed by atoms with Crippen LogP contribution in [0.1, 0.15) is 34.0 Å². The molecule has 4 heterocycles. The normalized spacial score (nSPS) is 19.5. The molecule has 0 saturated heterocycles. The summed E-state index contributed by atoms with van der Waals surface area (Å²) in [6.45, 7) is 0.726. The summed E-state index contributed by atoms with van der Waals surface area (Å²) in [7, 11) is 0. The number of allylic oxidation sites excluding steroid dienone is 4. The third kappa shape index (κ3) is 3.99. The Balaban J connectivity index is 0.975. The van der Waals surface area contributed by atoms with Crippen molar-refractivity contribution in [3.63, 3.8) is 0 Å². The van der Waals surface area contributed by atoms with Crippen LogP contribution in [0.3, 0.4) is 0 Å². The van der Waals surface area contributed by atoms with Crippen molar-refractivity contribution in [1.82, 2.24) is 14.1 Å². The zero-order valence-electron chi connectivity index (χ0n) is 31.0. The average molecular weight is 728 g/mol. The molecule has 0 bridgehead atoms. The van der Waals surface area contributed by atoms with Crippen LogP contribution < -0.4 is 0 Å². The van der Waals surface area contributed by atoms with Crippen molar-refractivity contribution in [1.29, 1.82) is 0 Å². The molecule has 4 heteroatoms. The molecule has 3 atom stereocenters. The van der Waals surface area contributed by atoms with Gasteiger partial charge in [-0.1, -0.05) is 127 Å². The molecule has 0 amide bonds. The number of benzene rings is 6. The van der Waals surface area contributed by atoms with Gasteiger partial charge in [-0.3, -0.25) is 4.98 Å². The van der Waals surface area contributed by atoms with Crippen molar-refractivity contribution in [2.45, 2.75) is 11.3 Å². The molecule has 57 heavy (non-hydrogen) atoms. The molecule has 0 saturated carbocycles. The highest BCUT2D eigenvalue weighted by Crippen LogP contribution is 2.65. The smallest absolute Gasteiger partial charge is 0.0711 e. The van der Waals surface area contributed by atoms with Gasteiger partial charge in [-0.25, -0.2) is 0 Å². The Labute approximate surface area is 330 Å². The van der Waals surface area contributed by atoms with E-state index in [1.165, 1.54) is 77.3 Å². The second-order valence-electron chi connectivity index (χ2n) is 15.8. The molecular weight excluding hydrogens is 693 g/mol. The van der Waals surface area contributed by atoms with Gasteiger partial charge in [-0.2, -0.15) is 0 Å². The molecule has 1 aliphatic heterocycles. The van der Waals surface area contributed by atoms with Crippen molar-refractivity contribution in [3.05, 3.63) is 216 Å². The predicted octanol–water partition coefficient (Wildman–Crippen LogP) is 13.0. The quantitative estimate of drug-likeness (QED) is 0.178. The fourth-order valence-corrected chi connectivity index (χ4v) is 11.0. The highest BCUT2D eigenvalue weighted by Gasteiger charge is 2.58. The first-order chi connectivity index (χ1) is 28.3. The average Bonchev–Trinajstić information content (AvgIpc) is 3.99. The number of hydrogen-bond acceptors (Lipinski definition) is 1. The highest BCUT2D eigenvalue weighted by molar-refractivity contribution is 6.16. The monoisotopic (exact) mass is 727 g/mol. The second-order valence-corrected chi connectivity index (χ2v) is 15.8. The van der Waals surface area contributed by atoms with Gasteiger partial charge in [0.2, 0.25) is 0 Å². The summed E-state index contributed by atoms with van der Waals surface area (Å²) in [5, 5.41) is 8.59. The number of rotatable bonds is 3. The number of hydrogen-bond donors (Lipinski definition) is 0. The van der Waals surface area contributed by atoms with E-state index in [2.05, 4.69) is 191 Å². The molecule has 268 valence electrons. The summed E-state index contributed by atoms with van der Waals surface area (Å²) >= 11 is 0. The Hall–Kier alpha value is -7.17. The number of para-hydroxylation sites is 2. The molecule has 0 fully saturated rings. The molecule has 6 aromatic carbocycles. The Morgan fingerprint density at radius 1 is 0.596 bits per heavy atom. The molecular formula is C53H35N4-. The number of fused-ring (bicyclic) bond motifs is 17. The second kappa shape index (κ2) is 11.4. The standard InChI is InChI=1S/C53H35N4/c1-5-16-43-37(11-1)40-15-9-32-55-52(40)53(43)44-17-6-2-13-41(44)49-45(53)30-29-39-38-12-3-7-18-46(38)57(51(39)49)36-27-23-34(24-28-36)33-21-25-35(26-22-33)56-47-19-8-4-14-42(47)50-48(56)20-10-31-54-50/h1-30,32,37,43H,31H2/q-1. The van der Waals surface area contributed by atoms with Crippen LogP contribution in [-0.2, 0) is 5.41 Å². The van der Waals surface area contributed by atoms with Gasteiger partial charge in [0, 0.05) is 51.4 Å². The van der Waals surface area contributed by atoms with Crippen molar-refractivity contribution >= 4 is 44.5 Å². The molecule has 3 unspecified atom stereocenters. The lowest BCUT2D eigenvalue weighted by molar-refractivity contribution is 0.459. The largest absolute Gasteiger partial charge is 0.679 e. The van der Waals surface area contributed by atoms with Crippen LogP contribution in [0.25, 0.3) is 77.7 Å². The van der Waals surface area contributed by atoms with Crippen LogP contribution in [-0.4, -0.2) is 20.7 Å². The third-order valence-electron chi connectivity index (χ3n) is 13.2. The zero-order chi connectivity index (χ0) is 37.2. The van der Waals surface area contributed by atoms with Crippen LogP contribution in [0, 0.1) is 5.92 Å². The summed E-state index contributed by atoms with van der Waals surface area (Å²) in [5.74, 6) is 0.519. The first-order valence-corrected chi connectivity index (χ1v) is 20.0. The molecule has 4 nitrogen and oxygen atoms in total. The summed E-state index contributed by atoms with van der Waals surface area (Å²) in [6.07, 6.45) is 15.6. The number of nitrogens with zero attached hydrogens (tertiary/aromatic N) is 4. The first-order valence-electron chi connectivity index (χ1n) is 20.0. The van der Waals surface area contributed by atoms with Crippen molar-refractivity contribution in [3.8, 4) is 33.6 Å². The fourth-order valence-electron chi connectivity index (χ4n) is 11.0. The minimum absolute atomic E-state index is 0.240. The van der Waals surface area contributed by atoms with Crippen molar-refractivity contribution in [2.24, 2.45) is 5.92 Å². The van der Waals surface area contributed by atoms with E-state index >= 15 is 0 Å².